The Kier molecular flexibility index (Phi) is 3.78. The molecule has 0 aromatic heterocycles. The molecule has 0 heterocycles. The normalized spacial score (nSPS) is 20.1. The summed E-state index contributed by atoms with van der Waals surface area (Å²) in [5.74, 6) is 0. The lowest BCUT2D eigenvalue weighted by molar-refractivity contribution is 0.320. The number of benzene rings is 1. The van der Waals surface area contributed by atoms with Crippen LogP contribution in [0.3, 0.4) is 0 Å². The van der Waals surface area contributed by atoms with Crippen molar-refractivity contribution in [1.29, 1.82) is 0 Å². The lowest BCUT2D eigenvalue weighted by Crippen LogP contribution is -2.20. The topological polar surface area (TPSA) is 0 Å². The highest BCUT2D eigenvalue weighted by Crippen LogP contribution is 2.52. The van der Waals surface area contributed by atoms with Gasteiger partial charge in [0.15, 0.2) is 0 Å². The predicted molar refractivity (Wildman–Crippen MR) is 80.6 cm³/mol. The van der Waals surface area contributed by atoms with E-state index in [9.17, 15) is 0 Å². The highest BCUT2D eigenvalue weighted by atomic mass is 35.5. The van der Waals surface area contributed by atoms with Crippen LogP contribution in [0.2, 0.25) is 0 Å². The standard InChI is InChI=1S/C17H25Cl/c1-11-10-12(2)14(4)15(13(11)3)16(18)17(5)8-6-7-9-17/h10,16H,6-9H2,1-5H3. The van der Waals surface area contributed by atoms with Gasteiger partial charge in [-0.25, -0.2) is 0 Å². The third-order valence-corrected chi connectivity index (χ3v) is 5.78. The Bertz CT molecular complexity index is 427. The van der Waals surface area contributed by atoms with E-state index in [1.54, 1.807) is 0 Å². The lowest BCUT2D eigenvalue weighted by atomic mass is 9.78. The van der Waals surface area contributed by atoms with Crippen molar-refractivity contribution in [1.82, 2.24) is 0 Å². The molecule has 0 bridgehead atoms. The molecule has 18 heavy (non-hydrogen) atoms. The summed E-state index contributed by atoms with van der Waals surface area (Å²) < 4.78 is 0. The first kappa shape index (κ1) is 13.9. The summed E-state index contributed by atoms with van der Waals surface area (Å²) in [4.78, 5) is 0. The van der Waals surface area contributed by atoms with Crippen molar-refractivity contribution in [2.45, 2.75) is 65.7 Å². The zero-order chi connectivity index (χ0) is 13.5. The van der Waals surface area contributed by atoms with E-state index < -0.39 is 0 Å². The Balaban J connectivity index is 2.50. The molecule has 1 fully saturated rings. The maximum atomic E-state index is 6.91. The lowest BCUT2D eigenvalue weighted by Gasteiger charge is -2.32. The number of hydrogen-bond donors (Lipinski definition) is 0. The van der Waals surface area contributed by atoms with Gasteiger partial charge in [-0.2, -0.15) is 0 Å². The molecule has 1 heteroatoms. The van der Waals surface area contributed by atoms with Crippen LogP contribution in [0.4, 0.5) is 0 Å². The summed E-state index contributed by atoms with van der Waals surface area (Å²) in [5, 5.41) is 0.165. The molecular weight excluding hydrogens is 240 g/mol. The molecule has 1 aromatic carbocycles. The Morgan fingerprint density at radius 3 is 1.89 bits per heavy atom. The van der Waals surface area contributed by atoms with E-state index in [0.29, 0.717) is 0 Å². The van der Waals surface area contributed by atoms with Crippen LogP contribution in [0.1, 0.15) is 65.8 Å². The molecule has 0 nitrogen and oxygen atoms in total. The van der Waals surface area contributed by atoms with Crippen molar-refractivity contribution in [2.75, 3.05) is 0 Å². The maximum Gasteiger partial charge on any atom is 0.0644 e. The van der Waals surface area contributed by atoms with Gasteiger partial charge < -0.3 is 0 Å². The molecule has 1 aliphatic carbocycles. The molecular formula is C17H25Cl. The first-order valence-corrected chi connectivity index (χ1v) is 7.52. The summed E-state index contributed by atoms with van der Waals surface area (Å²) in [6.45, 7) is 11.2. The van der Waals surface area contributed by atoms with Gasteiger partial charge in [-0.15, -0.1) is 11.6 Å². The van der Waals surface area contributed by atoms with Crippen molar-refractivity contribution >= 4 is 11.6 Å². The Labute approximate surface area is 117 Å². The number of alkyl halides is 1. The van der Waals surface area contributed by atoms with Crippen molar-refractivity contribution in [2.24, 2.45) is 5.41 Å². The highest BCUT2D eigenvalue weighted by molar-refractivity contribution is 6.21. The molecule has 1 saturated carbocycles. The molecule has 0 N–H and O–H groups in total. The molecule has 100 valence electrons. The van der Waals surface area contributed by atoms with Crippen LogP contribution < -0.4 is 0 Å². The van der Waals surface area contributed by atoms with Crippen LogP contribution in [0.15, 0.2) is 6.07 Å². The van der Waals surface area contributed by atoms with Crippen molar-refractivity contribution in [3.8, 4) is 0 Å². The Hall–Kier alpha value is -0.490. The second-order valence-corrected chi connectivity index (χ2v) is 6.83. The monoisotopic (exact) mass is 264 g/mol. The zero-order valence-corrected chi connectivity index (χ0v) is 13.1. The minimum absolute atomic E-state index is 0.165. The van der Waals surface area contributed by atoms with Crippen LogP contribution in [0, 0.1) is 33.1 Å². The number of halogens is 1. The molecule has 0 aliphatic heterocycles. The fourth-order valence-electron chi connectivity index (χ4n) is 3.41. The quantitative estimate of drug-likeness (QED) is 0.594. The van der Waals surface area contributed by atoms with Crippen LogP contribution in [0.5, 0.6) is 0 Å². The van der Waals surface area contributed by atoms with E-state index in [-0.39, 0.29) is 10.8 Å². The van der Waals surface area contributed by atoms with Gasteiger partial charge in [-0.3, -0.25) is 0 Å². The number of aryl methyl sites for hydroxylation is 2. The molecule has 1 atom stereocenters. The van der Waals surface area contributed by atoms with Gasteiger partial charge in [0, 0.05) is 0 Å². The number of rotatable bonds is 2. The molecule has 0 amide bonds. The first-order chi connectivity index (χ1) is 8.37. The molecule has 1 unspecified atom stereocenters. The summed E-state index contributed by atoms with van der Waals surface area (Å²) in [6.07, 6.45) is 5.21. The van der Waals surface area contributed by atoms with Crippen LogP contribution in [-0.2, 0) is 0 Å². The second kappa shape index (κ2) is 4.89. The third kappa shape index (κ3) is 2.20. The van der Waals surface area contributed by atoms with Crippen LogP contribution >= 0.6 is 11.6 Å². The van der Waals surface area contributed by atoms with Crippen LogP contribution in [-0.4, -0.2) is 0 Å². The van der Waals surface area contributed by atoms with E-state index in [4.69, 9.17) is 11.6 Å². The van der Waals surface area contributed by atoms with E-state index in [2.05, 4.69) is 40.7 Å². The van der Waals surface area contributed by atoms with E-state index in [1.165, 1.54) is 53.5 Å². The smallest absolute Gasteiger partial charge is 0.0644 e. The largest absolute Gasteiger partial charge is 0.117 e. The van der Waals surface area contributed by atoms with E-state index >= 15 is 0 Å². The fourth-order valence-corrected chi connectivity index (χ4v) is 3.96. The van der Waals surface area contributed by atoms with Gasteiger partial charge in [-0.1, -0.05) is 25.8 Å². The van der Waals surface area contributed by atoms with Gasteiger partial charge in [0.1, 0.15) is 0 Å². The van der Waals surface area contributed by atoms with E-state index in [0.717, 1.165) is 0 Å². The zero-order valence-electron chi connectivity index (χ0n) is 12.4. The Morgan fingerprint density at radius 1 is 1.00 bits per heavy atom. The fraction of sp³-hybridized carbons (Fsp3) is 0.647. The second-order valence-electron chi connectivity index (χ2n) is 6.40. The predicted octanol–water partition coefficient (Wildman–Crippen LogP) is 5.78. The molecule has 2 rings (SSSR count). The third-order valence-electron chi connectivity index (χ3n) is 5.04. The van der Waals surface area contributed by atoms with Crippen molar-refractivity contribution < 1.29 is 0 Å². The van der Waals surface area contributed by atoms with Gasteiger partial charge >= 0.3 is 0 Å². The van der Waals surface area contributed by atoms with Crippen LogP contribution in [0.25, 0.3) is 0 Å². The summed E-state index contributed by atoms with van der Waals surface area (Å²) in [7, 11) is 0. The van der Waals surface area contributed by atoms with Gasteiger partial charge in [0.25, 0.3) is 0 Å². The molecule has 0 radical (unpaired) electrons. The summed E-state index contributed by atoms with van der Waals surface area (Å²) in [6, 6.07) is 2.29. The first-order valence-electron chi connectivity index (χ1n) is 7.08. The molecule has 1 aliphatic rings. The maximum absolute atomic E-state index is 6.91. The average molecular weight is 265 g/mol. The SMILES string of the molecule is Cc1cc(C)c(C)c(C(Cl)C2(C)CCCC2)c1C. The molecule has 0 saturated heterocycles. The minimum atomic E-state index is 0.165. The summed E-state index contributed by atoms with van der Waals surface area (Å²) in [5.41, 5.74) is 7.23. The summed E-state index contributed by atoms with van der Waals surface area (Å²) >= 11 is 6.91. The van der Waals surface area contributed by atoms with Crippen molar-refractivity contribution in [3.05, 3.63) is 33.9 Å². The highest BCUT2D eigenvalue weighted by Gasteiger charge is 2.38. The van der Waals surface area contributed by atoms with Crippen molar-refractivity contribution in [3.63, 3.8) is 0 Å². The molecule has 0 spiro atoms. The average Bonchev–Trinajstić information content (AvgIpc) is 2.75. The Morgan fingerprint density at radius 2 is 1.44 bits per heavy atom. The number of hydrogen-bond acceptors (Lipinski definition) is 0. The molecule has 1 aromatic rings. The van der Waals surface area contributed by atoms with E-state index in [1.807, 2.05) is 0 Å². The van der Waals surface area contributed by atoms with Gasteiger partial charge in [0.2, 0.25) is 0 Å². The van der Waals surface area contributed by atoms with Gasteiger partial charge in [0.05, 0.1) is 5.38 Å². The van der Waals surface area contributed by atoms with Gasteiger partial charge in [-0.05, 0) is 73.8 Å². The minimum Gasteiger partial charge on any atom is -0.117 e.